The van der Waals surface area contributed by atoms with Crippen LogP contribution in [-0.4, -0.2) is 15.6 Å². The third-order valence-electron chi connectivity index (χ3n) is 4.04. The van der Waals surface area contributed by atoms with Crippen LogP contribution in [0.3, 0.4) is 0 Å². The number of benzene rings is 2. The smallest absolute Gasteiger partial charge is 0.291 e. The predicted octanol–water partition coefficient (Wildman–Crippen LogP) is 4.15. The molecule has 0 aliphatic carbocycles. The molecule has 0 fully saturated rings. The first-order valence-electron chi connectivity index (χ1n) is 8.36. The van der Waals surface area contributed by atoms with E-state index in [9.17, 15) is 18.4 Å². The quantitative estimate of drug-likeness (QED) is 0.686. The highest BCUT2D eigenvalue weighted by atomic mass is 19.1. The summed E-state index contributed by atoms with van der Waals surface area (Å²) in [5.41, 5.74) is -0.120. The van der Waals surface area contributed by atoms with E-state index in [1.54, 1.807) is 19.1 Å². The topological polar surface area (TPSA) is 64.0 Å². The molecule has 5 nitrogen and oxygen atoms in total. The van der Waals surface area contributed by atoms with Crippen molar-refractivity contribution in [1.29, 1.82) is 0 Å². The fourth-order valence-electron chi connectivity index (χ4n) is 2.78. The van der Waals surface area contributed by atoms with Gasteiger partial charge < -0.3 is 5.32 Å². The van der Waals surface area contributed by atoms with E-state index in [1.165, 1.54) is 43.3 Å². The van der Waals surface area contributed by atoms with Gasteiger partial charge in [-0.05, 0) is 38.1 Å². The van der Waals surface area contributed by atoms with Crippen LogP contribution in [0.4, 0.5) is 20.2 Å². The Balaban J connectivity index is 2.31. The van der Waals surface area contributed by atoms with Gasteiger partial charge in [0.05, 0.1) is 11.3 Å². The summed E-state index contributed by atoms with van der Waals surface area (Å²) in [6, 6.07) is 11.4. The van der Waals surface area contributed by atoms with Crippen molar-refractivity contribution in [3.05, 3.63) is 76.1 Å². The largest absolute Gasteiger partial charge is 0.348 e. The maximum absolute atomic E-state index is 14.1. The summed E-state index contributed by atoms with van der Waals surface area (Å²) in [5, 5.41) is 6.96. The van der Waals surface area contributed by atoms with Gasteiger partial charge >= 0.3 is 0 Å². The number of aromatic nitrogens is 2. The van der Waals surface area contributed by atoms with Gasteiger partial charge in [0.2, 0.25) is 0 Å². The zero-order valence-electron chi connectivity index (χ0n) is 14.8. The van der Waals surface area contributed by atoms with Crippen LogP contribution in [0, 0.1) is 11.6 Å². The van der Waals surface area contributed by atoms with Gasteiger partial charge in [-0.15, -0.1) is 0 Å². The number of anilines is 2. The van der Waals surface area contributed by atoms with Crippen molar-refractivity contribution in [2.45, 2.75) is 20.4 Å². The van der Waals surface area contributed by atoms with Crippen LogP contribution in [0.2, 0.25) is 0 Å². The van der Waals surface area contributed by atoms with Crippen molar-refractivity contribution in [3.63, 3.8) is 0 Å². The number of Topliss-reactive ketones (excluding diaryl/α,β-unsaturated/α-hetero) is 1. The molecule has 1 N–H and O–H groups in total. The molecule has 0 saturated carbocycles. The molecule has 0 radical (unpaired) electrons. The van der Waals surface area contributed by atoms with Gasteiger partial charge in [-0.2, -0.15) is 5.10 Å². The Kier molecular flexibility index (Phi) is 5.12. The van der Waals surface area contributed by atoms with Gasteiger partial charge in [0.1, 0.15) is 23.0 Å². The lowest BCUT2D eigenvalue weighted by atomic mass is 10.0. The zero-order chi connectivity index (χ0) is 19.6. The minimum Gasteiger partial charge on any atom is -0.348 e. The van der Waals surface area contributed by atoms with Crippen molar-refractivity contribution >= 4 is 17.2 Å². The molecule has 0 aliphatic rings. The average Bonchev–Trinajstić information content (AvgIpc) is 2.64. The second-order valence-corrected chi connectivity index (χ2v) is 5.89. The van der Waals surface area contributed by atoms with Crippen LogP contribution in [0.15, 0.2) is 53.3 Å². The van der Waals surface area contributed by atoms with Gasteiger partial charge in [0.25, 0.3) is 5.56 Å². The standard InChI is InChI=1S/C20H17F2N3O2/c1-3-25-20(27)19(23-16-10-5-4-9-15(16)22)17(12(2)26)18(24-25)13-7-6-8-14(21)11-13/h4-11,23H,3H2,1-2H3. The minimum atomic E-state index is -0.571. The molecule has 1 aromatic heterocycles. The number of rotatable bonds is 5. The van der Waals surface area contributed by atoms with Crippen LogP contribution in [0.25, 0.3) is 11.3 Å². The molecule has 2 aromatic carbocycles. The molecule has 7 heteroatoms. The molecule has 138 valence electrons. The number of carbonyl (C=O) groups excluding carboxylic acids is 1. The molecule has 0 unspecified atom stereocenters. The molecule has 3 rings (SSSR count). The van der Waals surface area contributed by atoms with E-state index in [0.717, 1.165) is 4.68 Å². The van der Waals surface area contributed by atoms with Crippen LogP contribution < -0.4 is 10.9 Å². The van der Waals surface area contributed by atoms with Crippen molar-refractivity contribution in [2.75, 3.05) is 5.32 Å². The molecular formula is C20H17F2N3O2. The lowest BCUT2D eigenvalue weighted by Crippen LogP contribution is -2.28. The predicted molar refractivity (Wildman–Crippen MR) is 99.3 cm³/mol. The zero-order valence-corrected chi connectivity index (χ0v) is 14.8. The molecule has 27 heavy (non-hydrogen) atoms. The number of halogens is 2. The molecule has 0 aliphatic heterocycles. The molecule has 0 saturated heterocycles. The normalized spacial score (nSPS) is 10.7. The number of nitrogens with zero attached hydrogens (tertiary/aromatic N) is 2. The first-order chi connectivity index (χ1) is 12.9. The van der Waals surface area contributed by atoms with Gasteiger partial charge in [-0.25, -0.2) is 13.5 Å². The van der Waals surface area contributed by atoms with Gasteiger partial charge in [0, 0.05) is 12.1 Å². The molecule has 0 amide bonds. The Bertz CT molecular complexity index is 1080. The number of carbonyl (C=O) groups is 1. The Morgan fingerprint density at radius 2 is 1.89 bits per heavy atom. The number of ketones is 1. The monoisotopic (exact) mass is 369 g/mol. The first-order valence-corrected chi connectivity index (χ1v) is 8.36. The van der Waals surface area contributed by atoms with E-state index in [4.69, 9.17) is 0 Å². The molecule has 0 atom stereocenters. The number of para-hydroxylation sites is 1. The van der Waals surface area contributed by atoms with E-state index in [0.29, 0.717) is 5.56 Å². The number of hydrogen-bond acceptors (Lipinski definition) is 4. The van der Waals surface area contributed by atoms with E-state index in [1.807, 2.05) is 0 Å². The number of hydrogen-bond donors (Lipinski definition) is 1. The summed E-state index contributed by atoms with van der Waals surface area (Å²) in [5.74, 6) is -1.51. The fourth-order valence-corrected chi connectivity index (χ4v) is 2.78. The third-order valence-corrected chi connectivity index (χ3v) is 4.04. The second-order valence-electron chi connectivity index (χ2n) is 5.89. The van der Waals surface area contributed by atoms with Crippen LogP contribution in [0.5, 0.6) is 0 Å². The summed E-state index contributed by atoms with van der Waals surface area (Å²) in [4.78, 5) is 25.1. The lowest BCUT2D eigenvalue weighted by Gasteiger charge is -2.16. The van der Waals surface area contributed by atoms with Crippen LogP contribution in [-0.2, 0) is 6.54 Å². The lowest BCUT2D eigenvalue weighted by molar-refractivity contribution is 0.101. The minimum absolute atomic E-state index is 0.0152. The Morgan fingerprint density at radius 1 is 1.15 bits per heavy atom. The van der Waals surface area contributed by atoms with Gasteiger partial charge in [0.15, 0.2) is 5.78 Å². The van der Waals surface area contributed by atoms with Crippen molar-refractivity contribution in [1.82, 2.24) is 9.78 Å². The van der Waals surface area contributed by atoms with E-state index in [2.05, 4.69) is 10.4 Å². The van der Waals surface area contributed by atoms with E-state index >= 15 is 0 Å². The maximum Gasteiger partial charge on any atom is 0.291 e. The summed E-state index contributed by atoms with van der Waals surface area (Å²) in [6.07, 6.45) is 0. The Labute approximate surface area is 154 Å². The fraction of sp³-hybridized carbons (Fsp3) is 0.150. The van der Waals surface area contributed by atoms with E-state index in [-0.39, 0.29) is 29.2 Å². The molecular weight excluding hydrogens is 352 g/mol. The average molecular weight is 369 g/mol. The van der Waals surface area contributed by atoms with Gasteiger partial charge in [-0.3, -0.25) is 9.59 Å². The Morgan fingerprint density at radius 3 is 2.52 bits per heavy atom. The summed E-state index contributed by atoms with van der Waals surface area (Å²) in [7, 11) is 0. The summed E-state index contributed by atoms with van der Waals surface area (Å²) >= 11 is 0. The highest BCUT2D eigenvalue weighted by Crippen LogP contribution is 2.28. The highest BCUT2D eigenvalue weighted by molar-refractivity contribution is 6.05. The molecule has 3 aromatic rings. The highest BCUT2D eigenvalue weighted by Gasteiger charge is 2.22. The summed E-state index contributed by atoms with van der Waals surface area (Å²) in [6.45, 7) is 3.22. The van der Waals surface area contributed by atoms with E-state index < -0.39 is 23.0 Å². The first kappa shape index (κ1) is 18.4. The number of nitrogens with one attached hydrogen (secondary N) is 1. The SMILES string of the molecule is CCn1nc(-c2cccc(F)c2)c(C(C)=O)c(Nc2ccccc2F)c1=O. The molecule has 0 spiro atoms. The van der Waals surface area contributed by atoms with Crippen molar-refractivity contribution in [2.24, 2.45) is 0 Å². The molecule has 0 bridgehead atoms. The van der Waals surface area contributed by atoms with Crippen molar-refractivity contribution in [3.8, 4) is 11.3 Å². The van der Waals surface area contributed by atoms with Crippen LogP contribution >= 0.6 is 0 Å². The van der Waals surface area contributed by atoms with Crippen molar-refractivity contribution < 1.29 is 13.6 Å². The Hall–Kier alpha value is -3.35. The maximum atomic E-state index is 14.1. The summed E-state index contributed by atoms with van der Waals surface area (Å²) < 4.78 is 28.9. The third kappa shape index (κ3) is 3.62. The van der Waals surface area contributed by atoms with Gasteiger partial charge in [-0.1, -0.05) is 24.3 Å². The van der Waals surface area contributed by atoms with Crippen LogP contribution in [0.1, 0.15) is 24.2 Å². The number of aryl methyl sites for hydroxylation is 1. The molecule has 1 heterocycles. The second kappa shape index (κ2) is 7.49.